The highest BCUT2D eigenvalue weighted by Gasteiger charge is 2.20. The van der Waals surface area contributed by atoms with E-state index in [-0.39, 0.29) is 37.6 Å². The summed E-state index contributed by atoms with van der Waals surface area (Å²) in [6.07, 6.45) is 0.358. The molecule has 2 aromatic carbocycles. The van der Waals surface area contributed by atoms with Gasteiger partial charge in [0.25, 0.3) is 0 Å². The first kappa shape index (κ1) is 21.9. The van der Waals surface area contributed by atoms with Crippen molar-refractivity contribution >= 4 is 27.8 Å². The Bertz CT molecular complexity index is 828. The maximum absolute atomic E-state index is 13.9. The maximum atomic E-state index is 13.9. The Morgan fingerprint density at radius 2 is 2.00 bits per heavy atom. The van der Waals surface area contributed by atoms with Crippen LogP contribution in [0, 0.1) is 5.82 Å². The van der Waals surface area contributed by atoms with Crippen molar-refractivity contribution in [3.8, 4) is 5.75 Å². The molecule has 0 aliphatic carbocycles. The van der Waals surface area contributed by atoms with Crippen LogP contribution in [0.3, 0.4) is 0 Å². The highest BCUT2D eigenvalue weighted by molar-refractivity contribution is 9.10. The number of esters is 1. The molecule has 0 heterocycles. The molecule has 2 aromatic rings. The summed E-state index contributed by atoms with van der Waals surface area (Å²) < 4.78 is 24.8. The number of amides is 1. The van der Waals surface area contributed by atoms with E-state index in [9.17, 15) is 14.0 Å². The lowest BCUT2D eigenvalue weighted by atomic mass is 10.0. The molecular weight excluding hydrogens is 429 g/mol. The number of ether oxygens (including phenoxy) is 2. The van der Waals surface area contributed by atoms with Crippen LogP contribution < -0.4 is 10.1 Å². The van der Waals surface area contributed by atoms with Crippen LogP contribution in [0.5, 0.6) is 5.75 Å². The lowest BCUT2D eigenvalue weighted by Crippen LogP contribution is -2.31. The quantitative estimate of drug-likeness (QED) is 0.575. The van der Waals surface area contributed by atoms with E-state index in [0.29, 0.717) is 15.8 Å². The number of hydrogen-bond acceptors (Lipinski definition) is 4. The summed E-state index contributed by atoms with van der Waals surface area (Å²) in [6.45, 7) is 1.99. The molecular formula is C21H23BrFNO4. The normalized spacial score (nSPS) is 11.6. The van der Waals surface area contributed by atoms with Crippen molar-refractivity contribution in [2.24, 2.45) is 0 Å². The second kappa shape index (κ2) is 10.8. The molecule has 0 aliphatic rings. The fourth-order valence-corrected chi connectivity index (χ4v) is 3.07. The van der Waals surface area contributed by atoms with Crippen LogP contribution in [0.25, 0.3) is 0 Å². The third-order valence-corrected chi connectivity index (χ3v) is 4.64. The molecule has 0 bridgehead atoms. The second-order valence-electron chi connectivity index (χ2n) is 6.14. The summed E-state index contributed by atoms with van der Waals surface area (Å²) in [6, 6.07) is 11.3. The van der Waals surface area contributed by atoms with Crippen molar-refractivity contribution < 1.29 is 23.5 Å². The van der Waals surface area contributed by atoms with E-state index in [0.717, 1.165) is 5.56 Å². The number of carbonyl (C=O) groups is 2. The molecule has 0 saturated carbocycles. The Kier molecular flexibility index (Phi) is 8.44. The van der Waals surface area contributed by atoms with Crippen molar-refractivity contribution in [3.63, 3.8) is 0 Å². The van der Waals surface area contributed by atoms with Gasteiger partial charge in [-0.05, 0) is 48.7 Å². The molecule has 0 aromatic heterocycles. The molecule has 7 heteroatoms. The number of carbonyl (C=O) groups excluding carboxylic acids is 2. The average Bonchev–Trinajstić information content (AvgIpc) is 2.67. The van der Waals surface area contributed by atoms with Gasteiger partial charge >= 0.3 is 5.97 Å². The van der Waals surface area contributed by atoms with E-state index in [1.807, 2.05) is 0 Å². The molecule has 150 valence electrons. The minimum Gasteiger partial charge on any atom is -0.497 e. The van der Waals surface area contributed by atoms with Gasteiger partial charge in [0.15, 0.2) is 0 Å². The standard InChI is InChI=1S/C21H23BrFNO4/c1-3-28-21(26)13-19(15-5-4-6-17(11-15)27-2)24-20(25)10-8-14-7-9-16(22)12-18(14)23/h4-7,9,11-12,19H,3,8,10,13H2,1-2H3,(H,24,25). The summed E-state index contributed by atoms with van der Waals surface area (Å²) in [5.41, 5.74) is 1.19. The van der Waals surface area contributed by atoms with E-state index in [2.05, 4.69) is 21.2 Å². The fraction of sp³-hybridized carbons (Fsp3) is 0.333. The number of hydrogen-bond donors (Lipinski definition) is 1. The zero-order chi connectivity index (χ0) is 20.5. The summed E-state index contributed by atoms with van der Waals surface area (Å²) in [5.74, 6) is -0.426. The zero-order valence-electron chi connectivity index (χ0n) is 15.8. The smallest absolute Gasteiger partial charge is 0.308 e. The number of aryl methyl sites for hydroxylation is 1. The van der Waals surface area contributed by atoms with Gasteiger partial charge in [0.2, 0.25) is 5.91 Å². The number of halogens is 2. The van der Waals surface area contributed by atoms with Crippen molar-refractivity contribution in [2.75, 3.05) is 13.7 Å². The molecule has 0 saturated heterocycles. The molecule has 1 atom stereocenters. The molecule has 0 fully saturated rings. The topological polar surface area (TPSA) is 64.6 Å². The Balaban J connectivity index is 2.07. The largest absolute Gasteiger partial charge is 0.497 e. The summed E-state index contributed by atoms with van der Waals surface area (Å²) in [4.78, 5) is 24.4. The fourth-order valence-electron chi connectivity index (χ4n) is 2.74. The Morgan fingerprint density at radius 1 is 1.21 bits per heavy atom. The van der Waals surface area contributed by atoms with Gasteiger partial charge in [-0.3, -0.25) is 9.59 Å². The molecule has 0 aliphatic heterocycles. The molecule has 1 unspecified atom stereocenters. The van der Waals surface area contributed by atoms with Crippen molar-refractivity contribution in [3.05, 3.63) is 63.9 Å². The minimum atomic E-state index is -0.559. The number of rotatable bonds is 9. The predicted molar refractivity (Wildman–Crippen MR) is 108 cm³/mol. The van der Waals surface area contributed by atoms with Gasteiger partial charge < -0.3 is 14.8 Å². The molecule has 1 N–H and O–H groups in total. The molecule has 0 radical (unpaired) electrons. The number of methoxy groups -OCH3 is 1. The van der Waals surface area contributed by atoms with Crippen LogP contribution in [-0.4, -0.2) is 25.6 Å². The van der Waals surface area contributed by atoms with Crippen LogP contribution in [-0.2, 0) is 20.7 Å². The Labute approximate surface area is 172 Å². The lowest BCUT2D eigenvalue weighted by molar-refractivity contribution is -0.143. The zero-order valence-corrected chi connectivity index (χ0v) is 17.4. The highest BCUT2D eigenvalue weighted by atomic mass is 79.9. The third-order valence-electron chi connectivity index (χ3n) is 4.14. The van der Waals surface area contributed by atoms with Gasteiger partial charge in [-0.2, -0.15) is 0 Å². The van der Waals surface area contributed by atoms with Gasteiger partial charge in [-0.15, -0.1) is 0 Å². The maximum Gasteiger partial charge on any atom is 0.308 e. The lowest BCUT2D eigenvalue weighted by Gasteiger charge is -2.19. The summed E-state index contributed by atoms with van der Waals surface area (Å²) >= 11 is 3.21. The summed E-state index contributed by atoms with van der Waals surface area (Å²) in [7, 11) is 1.55. The van der Waals surface area contributed by atoms with Crippen LogP contribution in [0.15, 0.2) is 46.9 Å². The molecule has 2 rings (SSSR count). The van der Waals surface area contributed by atoms with Crippen molar-refractivity contribution in [1.82, 2.24) is 5.32 Å². The number of benzene rings is 2. The van der Waals surface area contributed by atoms with Crippen LogP contribution in [0.1, 0.15) is 36.9 Å². The highest BCUT2D eigenvalue weighted by Crippen LogP contribution is 2.23. The van der Waals surface area contributed by atoms with E-state index in [4.69, 9.17) is 9.47 Å². The molecule has 5 nitrogen and oxygen atoms in total. The first-order valence-corrected chi connectivity index (χ1v) is 9.75. The van der Waals surface area contributed by atoms with Gasteiger partial charge in [-0.1, -0.05) is 34.1 Å². The van der Waals surface area contributed by atoms with E-state index in [1.165, 1.54) is 6.07 Å². The van der Waals surface area contributed by atoms with Crippen LogP contribution >= 0.6 is 15.9 Å². The van der Waals surface area contributed by atoms with E-state index < -0.39 is 12.0 Å². The minimum absolute atomic E-state index is 0.000603. The summed E-state index contributed by atoms with van der Waals surface area (Å²) in [5, 5.41) is 2.85. The van der Waals surface area contributed by atoms with E-state index >= 15 is 0 Å². The first-order chi connectivity index (χ1) is 13.4. The van der Waals surface area contributed by atoms with Gasteiger partial charge in [0.05, 0.1) is 26.2 Å². The van der Waals surface area contributed by atoms with Gasteiger partial charge in [0.1, 0.15) is 11.6 Å². The number of nitrogens with one attached hydrogen (secondary N) is 1. The van der Waals surface area contributed by atoms with Gasteiger partial charge in [-0.25, -0.2) is 4.39 Å². The Morgan fingerprint density at radius 3 is 2.68 bits per heavy atom. The second-order valence-corrected chi connectivity index (χ2v) is 7.06. The third kappa shape index (κ3) is 6.64. The molecule has 1 amide bonds. The average molecular weight is 452 g/mol. The van der Waals surface area contributed by atoms with Gasteiger partial charge in [0, 0.05) is 10.9 Å². The van der Waals surface area contributed by atoms with Crippen molar-refractivity contribution in [1.29, 1.82) is 0 Å². The SMILES string of the molecule is CCOC(=O)CC(NC(=O)CCc1ccc(Br)cc1F)c1cccc(OC)c1. The molecule has 28 heavy (non-hydrogen) atoms. The molecule has 0 spiro atoms. The Hall–Kier alpha value is -2.41. The van der Waals surface area contributed by atoms with E-state index in [1.54, 1.807) is 50.4 Å². The van der Waals surface area contributed by atoms with Crippen LogP contribution in [0.4, 0.5) is 4.39 Å². The first-order valence-electron chi connectivity index (χ1n) is 8.95. The van der Waals surface area contributed by atoms with Crippen LogP contribution in [0.2, 0.25) is 0 Å². The monoisotopic (exact) mass is 451 g/mol. The predicted octanol–water partition coefficient (Wildman–Crippen LogP) is 4.34. The van der Waals surface area contributed by atoms with Crippen molar-refractivity contribution in [2.45, 2.75) is 32.2 Å².